The van der Waals surface area contributed by atoms with Crippen molar-refractivity contribution >= 4 is 34.6 Å². The van der Waals surface area contributed by atoms with Crippen LogP contribution in [-0.2, 0) is 0 Å². The van der Waals surface area contributed by atoms with Crippen molar-refractivity contribution in [2.75, 3.05) is 6.61 Å². The van der Waals surface area contributed by atoms with Gasteiger partial charge < -0.3 is 5.11 Å². The number of nitrogens with zero attached hydrogens (tertiary/aromatic N) is 2. The lowest BCUT2D eigenvalue weighted by Gasteiger charge is -2.22. The highest BCUT2D eigenvalue weighted by Crippen LogP contribution is 2.42. The van der Waals surface area contributed by atoms with Crippen LogP contribution in [0.2, 0.25) is 0 Å². The summed E-state index contributed by atoms with van der Waals surface area (Å²) >= 11 is 2.36. The fourth-order valence-corrected chi connectivity index (χ4v) is 3.25. The minimum atomic E-state index is 0.245. The van der Waals surface area contributed by atoms with Crippen LogP contribution in [0.1, 0.15) is 26.2 Å². The second kappa shape index (κ2) is 5.61. The Morgan fingerprint density at radius 1 is 1.62 bits per heavy atom. The van der Waals surface area contributed by atoms with Gasteiger partial charge in [0.1, 0.15) is 0 Å². The van der Waals surface area contributed by atoms with Crippen molar-refractivity contribution < 1.29 is 5.11 Å². The van der Waals surface area contributed by atoms with Gasteiger partial charge in [0.25, 0.3) is 0 Å². The van der Waals surface area contributed by atoms with Gasteiger partial charge in [-0.15, -0.1) is 0 Å². The molecule has 3 nitrogen and oxygen atoms in total. The Morgan fingerprint density at radius 2 is 2.38 bits per heavy atom. The van der Waals surface area contributed by atoms with Crippen molar-refractivity contribution in [3.8, 4) is 0 Å². The normalized spacial score (nSPS) is 21.9. The molecular formula is C11H16IN2OP. The predicted octanol–water partition coefficient (Wildman–Crippen LogP) is 3.22. The van der Waals surface area contributed by atoms with Crippen molar-refractivity contribution in [3.63, 3.8) is 0 Å². The molecule has 0 aromatic carbocycles. The first kappa shape index (κ1) is 12.5. The van der Waals surface area contributed by atoms with E-state index >= 15 is 0 Å². The average Bonchev–Trinajstić information content (AvgIpc) is 3.12. The van der Waals surface area contributed by atoms with Crippen LogP contribution in [0.15, 0.2) is 28.0 Å². The van der Waals surface area contributed by atoms with Crippen LogP contribution >= 0.6 is 28.4 Å². The van der Waals surface area contributed by atoms with Crippen molar-refractivity contribution in [3.05, 3.63) is 22.9 Å². The lowest BCUT2D eigenvalue weighted by atomic mass is 10.0. The molecule has 5 heteroatoms. The number of aliphatic hydroxyl groups excluding tert-OH is 1. The van der Waals surface area contributed by atoms with Gasteiger partial charge >= 0.3 is 0 Å². The first-order valence-corrected chi connectivity index (χ1v) is 9.54. The van der Waals surface area contributed by atoms with E-state index in [2.05, 4.69) is 44.9 Å². The van der Waals surface area contributed by atoms with Gasteiger partial charge in [-0.25, -0.2) is 4.78 Å². The molecule has 2 atom stereocenters. The third kappa shape index (κ3) is 3.05. The van der Waals surface area contributed by atoms with E-state index in [0.717, 1.165) is 6.42 Å². The molecule has 0 aromatic rings. The highest BCUT2D eigenvalue weighted by molar-refractivity contribution is 14.2. The highest BCUT2D eigenvalue weighted by atomic mass is 127. The maximum Gasteiger partial charge on any atom is 0.0684 e. The predicted molar refractivity (Wildman–Crippen MR) is 77.9 cm³/mol. The van der Waals surface area contributed by atoms with E-state index < -0.39 is 0 Å². The van der Waals surface area contributed by atoms with Crippen molar-refractivity contribution in [1.82, 2.24) is 4.78 Å². The third-order valence-electron chi connectivity index (χ3n) is 2.73. The Hall–Kier alpha value is 0.0700. The van der Waals surface area contributed by atoms with Gasteiger partial charge in [-0.2, -0.15) is 5.10 Å². The second-order valence-electron chi connectivity index (χ2n) is 4.34. The molecular weight excluding hydrogens is 334 g/mol. The zero-order chi connectivity index (χ0) is 11.5. The minimum Gasteiger partial charge on any atom is -0.396 e. The Morgan fingerprint density at radius 3 is 2.94 bits per heavy atom. The molecule has 0 radical (unpaired) electrons. The summed E-state index contributed by atoms with van der Waals surface area (Å²) in [6.45, 7) is 2.31. The highest BCUT2D eigenvalue weighted by Gasteiger charge is 2.22. The van der Waals surface area contributed by atoms with Gasteiger partial charge in [-0.1, -0.05) is 6.92 Å². The molecule has 1 aliphatic heterocycles. The Bertz CT molecular complexity index is 359. The van der Waals surface area contributed by atoms with Gasteiger partial charge in [0.15, 0.2) is 0 Å². The maximum absolute atomic E-state index is 9.06. The molecule has 0 aromatic heterocycles. The van der Waals surface area contributed by atoms with E-state index in [4.69, 9.17) is 5.11 Å². The maximum atomic E-state index is 9.06. The van der Waals surface area contributed by atoms with Crippen molar-refractivity contribution in [2.45, 2.75) is 26.2 Å². The van der Waals surface area contributed by atoms with Crippen LogP contribution in [0.4, 0.5) is 0 Å². The van der Waals surface area contributed by atoms with E-state index in [1.165, 1.54) is 29.7 Å². The SMILES string of the molecule is CC(CO)CC1=CC(=C2CC2)N(PI)N=C1. The van der Waals surface area contributed by atoms with Gasteiger partial charge in [0, 0.05) is 6.61 Å². The van der Waals surface area contributed by atoms with Crippen LogP contribution < -0.4 is 0 Å². The number of allylic oxidation sites excluding steroid dienone is 3. The summed E-state index contributed by atoms with van der Waals surface area (Å²) in [7, 11) is 0. The average molecular weight is 350 g/mol. The van der Waals surface area contributed by atoms with Crippen LogP contribution in [0.3, 0.4) is 0 Å². The standard InChI is InChI=1S/C11H16IN2OP/c1-8(7-15)4-9-5-11(10-2-3-10)14(16-12)13-6-9/h5-6,8,15-16H,2-4,7H2,1H3. The summed E-state index contributed by atoms with van der Waals surface area (Å²) in [5.41, 5.74) is 4.06. The van der Waals surface area contributed by atoms with Crippen molar-refractivity contribution in [2.24, 2.45) is 11.0 Å². The fraction of sp³-hybridized carbons (Fsp3) is 0.545. The first-order chi connectivity index (χ1) is 7.74. The molecule has 2 aliphatic rings. The van der Waals surface area contributed by atoms with Crippen LogP contribution in [0, 0.1) is 5.92 Å². The quantitative estimate of drug-likeness (QED) is 0.624. The number of hydrogen-bond donors (Lipinski definition) is 1. The number of rotatable bonds is 4. The molecule has 0 spiro atoms. The lowest BCUT2D eigenvalue weighted by molar-refractivity contribution is 0.238. The zero-order valence-corrected chi connectivity index (χ0v) is 12.4. The van der Waals surface area contributed by atoms with E-state index in [-0.39, 0.29) is 6.61 Å². The largest absolute Gasteiger partial charge is 0.396 e. The topological polar surface area (TPSA) is 35.8 Å². The fourth-order valence-electron chi connectivity index (χ4n) is 1.68. The molecule has 1 N–H and O–H groups in total. The second-order valence-corrected chi connectivity index (χ2v) is 6.38. The number of aliphatic hydroxyl groups is 1. The molecule has 88 valence electrons. The molecule has 0 amide bonds. The lowest BCUT2D eigenvalue weighted by Crippen LogP contribution is -2.12. The monoisotopic (exact) mass is 350 g/mol. The molecule has 0 saturated heterocycles. The van der Waals surface area contributed by atoms with Gasteiger partial charge in [0.05, 0.1) is 18.3 Å². The summed E-state index contributed by atoms with van der Waals surface area (Å²) in [5.74, 6) is 0.316. The van der Waals surface area contributed by atoms with E-state index in [1.54, 1.807) is 0 Å². The zero-order valence-electron chi connectivity index (χ0n) is 9.28. The third-order valence-corrected chi connectivity index (χ3v) is 4.61. The van der Waals surface area contributed by atoms with Gasteiger partial charge in [-0.05, 0) is 64.4 Å². The molecule has 0 bridgehead atoms. The molecule has 1 fully saturated rings. The van der Waals surface area contributed by atoms with Crippen LogP contribution in [0.25, 0.3) is 0 Å². The summed E-state index contributed by atoms with van der Waals surface area (Å²) in [6.07, 6.45) is 8.20. The van der Waals surface area contributed by atoms with Crippen molar-refractivity contribution in [1.29, 1.82) is 0 Å². The molecule has 2 unspecified atom stereocenters. The van der Waals surface area contributed by atoms with Crippen LogP contribution in [0.5, 0.6) is 0 Å². The molecule has 2 rings (SSSR count). The Balaban J connectivity index is 2.11. The van der Waals surface area contributed by atoms with E-state index in [9.17, 15) is 0 Å². The number of halogens is 1. The smallest absolute Gasteiger partial charge is 0.0684 e. The summed E-state index contributed by atoms with van der Waals surface area (Å²) in [4.78, 5) is 0. The number of hydrogen-bond acceptors (Lipinski definition) is 3. The first-order valence-electron chi connectivity index (χ1n) is 5.48. The number of hydrazone groups is 1. The summed E-state index contributed by atoms with van der Waals surface area (Å²) in [5, 5.41) is 13.5. The Kier molecular flexibility index (Phi) is 4.39. The molecule has 1 heterocycles. The Labute approximate surface area is 111 Å². The molecule has 1 saturated carbocycles. The van der Waals surface area contributed by atoms with Gasteiger partial charge in [-0.3, -0.25) is 0 Å². The summed E-state index contributed by atoms with van der Waals surface area (Å²) in [6, 6.07) is 0. The molecule has 16 heavy (non-hydrogen) atoms. The van der Waals surface area contributed by atoms with E-state index in [0.29, 0.717) is 12.3 Å². The van der Waals surface area contributed by atoms with E-state index in [1.807, 2.05) is 6.21 Å². The molecule has 1 aliphatic carbocycles. The van der Waals surface area contributed by atoms with Gasteiger partial charge in [0.2, 0.25) is 0 Å². The minimum absolute atomic E-state index is 0.245. The van der Waals surface area contributed by atoms with Crippen LogP contribution in [-0.4, -0.2) is 22.7 Å². The summed E-state index contributed by atoms with van der Waals surface area (Å²) < 4.78 is 2.08.